The number of aromatic nitrogens is 1. The SMILES string of the molecule is COc1ccc2c(c1)Cc1sc(NC(=O)c3ccc([N+](=O)[O-])cc3Cl)nc1-2. The zero-order valence-corrected chi connectivity index (χ0v) is 15.6. The predicted octanol–water partition coefficient (Wildman–Crippen LogP) is 4.54. The van der Waals surface area contributed by atoms with E-state index in [0.29, 0.717) is 5.13 Å². The van der Waals surface area contributed by atoms with E-state index in [9.17, 15) is 14.9 Å². The third-order valence-electron chi connectivity index (χ3n) is 4.24. The molecule has 0 atom stereocenters. The van der Waals surface area contributed by atoms with Gasteiger partial charge < -0.3 is 4.74 Å². The summed E-state index contributed by atoms with van der Waals surface area (Å²) in [5.41, 5.74) is 3.00. The van der Waals surface area contributed by atoms with E-state index in [0.717, 1.165) is 39.9 Å². The number of methoxy groups -OCH3 is 1. The van der Waals surface area contributed by atoms with Crippen molar-refractivity contribution < 1.29 is 14.5 Å². The zero-order chi connectivity index (χ0) is 19.1. The molecule has 0 saturated heterocycles. The van der Waals surface area contributed by atoms with E-state index in [1.807, 2.05) is 18.2 Å². The van der Waals surface area contributed by atoms with Crippen molar-refractivity contribution in [1.82, 2.24) is 4.98 Å². The summed E-state index contributed by atoms with van der Waals surface area (Å²) < 4.78 is 5.25. The highest BCUT2D eigenvalue weighted by Crippen LogP contribution is 2.42. The number of fused-ring (bicyclic) bond motifs is 3. The van der Waals surface area contributed by atoms with Crippen molar-refractivity contribution in [3.8, 4) is 17.0 Å². The maximum atomic E-state index is 12.5. The molecule has 27 heavy (non-hydrogen) atoms. The Morgan fingerprint density at radius 1 is 1.33 bits per heavy atom. The van der Waals surface area contributed by atoms with Crippen molar-refractivity contribution in [2.24, 2.45) is 0 Å². The summed E-state index contributed by atoms with van der Waals surface area (Å²) in [6, 6.07) is 9.55. The summed E-state index contributed by atoms with van der Waals surface area (Å²) in [6.07, 6.45) is 0.730. The number of nitro groups is 1. The number of anilines is 1. The second kappa shape index (κ2) is 6.64. The minimum atomic E-state index is -0.564. The summed E-state index contributed by atoms with van der Waals surface area (Å²) >= 11 is 7.40. The van der Waals surface area contributed by atoms with Crippen LogP contribution in [0.2, 0.25) is 5.02 Å². The molecule has 0 aliphatic heterocycles. The van der Waals surface area contributed by atoms with E-state index in [1.54, 1.807) is 7.11 Å². The van der Waals surface area contributed by atoms with Crippen LogP contribution in [0.4, 0.5) is 10.8 Å². The van der Waals surface area contributed by atoms with Gasteiger partial charge in [-0.25, -0.2) is 4.98 Å². The Hall–Kier alpha value is -2.97. The minimum absolute atomic E-state index is 0.0169. The maximum absolute atomic E-state index is 12.5. The predicted molar refractivity (Wildman–Crippen MR) is 103 cm³/mol. The van der Waals surface area contributed by atoms with Gasteiger partial charge in [-0.3, -0.25) is 20.2 Å². The molecular formula is C18H12ClN3O4S. The number of hydrogen-bond acceptors (Lipinski definition) is 6. The first-order chi connectivity index (χ1) is 13.0. The lowest BCUT2D eigenvalue weighted by atomic mass is 10.1. The van der Waals surface area contributed by atoms with Crippen molar-refractivity contribution >= 4 is 39.7 Å². The van der Waals surface area contributed by atoms with Gasteiger partial charge in [0.15, 0.2) is 5.13 Å². The highest BCUT2D eigenvalue weighted by molar-refractivity contribution is 7.16. The first-order valence-corrected chi connectivity index (χ1v) is 9.08. The molecule has 0 bridgehead atoms. The quantitative estimate of drug-likeness (QED) is 0.400. The Morgan fingerprint density at radius 2 is 2.15 bits per heavy atom. The van der Waals surface area contributed by atoms with Gasteiger partial charge in [-0.2, -0.15) is 0 Å². The van der Waals surface area contributed by atoms with Gasteiger partial charge in [-0.05, 0) is 29.8 Å². The van der Waals surface area contributed by atoms with Crippen LogP contribution < -0.4 is 10.1 Å². The molecule has 0 fully saturated rings. The lowest BCUT2D eigenvalue weighted by molar-refractivity contribution is -0.384. The van der Waals surface area contributed by atoms with Crippen LogP contribution in [0.3, 0.4) is 0 Å². The van der Waals surface area contributed by atoms with E-state index in [2.05, 4.69) is 10.3 Å². The number of thiazole rings is 1. The van der Waals surface area contributed by atoms with Gasteiger partial charge in [0.25, 0.3) is 11.6 Å². The summed E-state index contributed by atoms with van der Waals surface area (Å²) in [4.78, 5) is 28.3. The molecule has 1 aromatic heterocycles. The second-order valence-corrected chi connectivity index (χ2v) is 7.36. The van der Waals surface area contributed by atoms with E-state index in [4.69, 9.17) is 16.3 Å². The van der Waals surface area contributed by atoms with Crippen LogP contribution in [-0.4, -0.2) is 22.9 Å². The van der Waals surface area contributed by atoms with E-state index in [1.165, 1.54) is 23.5 Å². The van der Waals surface area contributed by atoms with Crippen molar-refractivity contribution in [3.63, 3.8) is 0 Å². The summed E-state index contributed by atoms with van der Waals surface area (Å²) in [7, 11) is 1.63. The van der Waals surface area contributed by atoms with Crippen LogP contribution in [-0.2, 0) is 6.42 Å². The summed E-state index contributed by atoms with van der Waals surface area (Å²) in [6.45, 7) is 0. The molecule has 4 rings (SSSR count). The van der Waals surface area contributed by atoms with Gasteiger partial charge in [0, 0.05) is 29.0 Å². The lowest BCUT2D eigenvalue weighted by Crippen LogP contribution is -2.12. The molecule has 1 aliphatic rings. The Bertz CT molecular complexity index is 1100. The number of carbonyl (C=O) groups excluding carboxylic acids is 1. The molecular weight excluding hydrogens is 390 g/mol. The lowest BCUT2D eigenvalue weighted by Gasteiger charge is -2.05. The number of rotatable bonds is 4. The van der Waals surface area contributed by atoms with Crippen molar-refractivity contribution in [2.75, 3.05) is 12.4 Å². The normalized spacial score (nSPS) is 11.6. The number of amides is 1. The zero-order valence-electron chi connectivity index (χ0n) is 14.0. The summed E-state index contributed by atoms with van der Waals surface area (Å²) in [5.74, 6) is 0.336. The molecule has 2 aromatic carbocycles. The fourth-order valence-electron chi connectivity index (χ4n) is 2.95. The fourth-order valence-corrected chi connectivity index (χ4v) is 4.20. The molecule has 0 unspecified atom stereocenters. The van der Waals surface area contributed by atoms with Crippen molar-refractivity contribution in [2.45, 2.75) is 6.42 Å². The van der Waals surface area contributed by atoms with Crippen molar-refractivity contribution in [1.29, 1.82) is 0 Å². The first-order valence-electron chi connectivity index (χ1n) is 7.88. The average molecular weight is 402 g/mol. The molecule has 1 heterocycles. The Balaban J connectivity index is 1.57. The molecule has 0 radical (unpaired) electrons. The number of halogens is 1. The van der Waals surface area contributed by atoms with Gasteiger partial charge in [0.2, 0.25) is 0 Å². The maximum Gasteiger partial charge on any atom is 0.270 e. The number of hydrogen-bond donors (Lipinski definition) is 1. The largest absolute Gasteiger partial charge is 0.497 e. The Morgan fingerprint density at radius 3 is 2.85 bits per heavy atom. The molecule has 136 valence electrons. The minimum Gasteiger partial charge on any atom is -0.497 e. The number of benzene rings is 2. The molecule has 1 N–H and O–H groups in total. The van der Waals surface area contributed by atoms with Crippen LogP contribution in [0.1, 0.15) is 20.8 Å². The molecule has 1 amide bonds. The molecule has 7 nitrogen and oxygen atoms in total. The monoisotopic (exact) mass is 401 g/mol. The molecule has 0 saturated carbocycles. The third-order valence-corrected chi connectivity index (χ3v) is 5.53. The van der Waals surface area contributed by atoms with Crippen LogP contribution in [0.5, 0.6) is 5.75 Å². The van der Waals surface area contributed by atoms with Crippen molar-refractivity contribution in [3.05, 3.63) is 67.5 Å². The highest BCUT2D eigenvalue weighted by atomic mass is 35.5. The van der Waals surface area contributed by atoms with Gasteiger partial charge in [0.05, 0.1) is 28.3 Å². The fraction of sp³-hybridized carbons (Fsp3) is 0.111. The first kappa shape index (κ1) is 17.4. The van der Waals surface area contributed by atoms with Gasteiger partial charge in [-0.1, -0.05) is 11.6 Å². The number of nitrogens with zero attached hydrogens (tertiary/aromatic N) is 2. The number of nitro benzene ring substituents is 1. The average Bonchev–Trinajstić information content (AvgIpc) is 3.17. The number of ether oxygens (including phenoxy) is 1. The van der Waals surface area contributed by atoms with Crippen LogP contribution in [0.15, 0.2) is 36.4 Å². The van der Waals surface area contributed by atoms with E-state index >= 15 is 0 Å². The molecule has 0 spiro atoms. The smallest absolute Gasteiger partial charge is 0.270 e. The third kappa shape index (κ3) is 3.13. The van der Waals surface area contributed by atoms with Gasteiger partial charge in [-0.15, -0.1) is 11.3 Å². The van der Waals surface area contributed by atoms with Crippen LogP contribution in [0, 0.1) is 10.1 Å². The summed E-state index contributed by atoms with van der Waals surface area (Å²) in [5, 5.41) is 14.0. The molecule has 9 heteroatoms. The molecule has 1 aliphatic carbocycles. The topological polar surface area (TPSA) is 94.4 Å². The Labute approximate surface area is 162 Å². The number of non-ortho nitro benzene ring substituents is 1. The Kier molecular flexibility index (Phi) is 4.29. The van der Waals surface area contributed by atoms with Gasteiger partial charge in [0.1, 0.15) is 5.75 Å². The van der Waals surface area contributed by atoms with Gasteiger partial charge >= 0.3 is 0 Å². The second-order valence-electron chi connectivity index (χ2n) is 5.87. The number of carbonyl (C=O) groups is 1. The van der Waals surface area contributed by atoms with E-state index in [-0.39, 0.29) is 16.3 Å². The highest BCUT2D eigenvalue weighted by Gasteiger charge is 2.25. The number of nitrogens with one attached hydrogen (secondary N) is 1. The van der Waals surface area contributed by atoms with Crippen LogP contribution in [0.25, 0.3) is 11.3 Å². The standard InChI is InChI=1S/C18H12ClN3O4S/c1-26-11-3-5-12-9(6-11)7-15-16(12)20-18(27-15)21-17(23)13-4-2-10(22(24)25)8-14(13)19/h2-6,8H,7H2,1H3,(H,20,21,23). The van der Waals surface area contributed by atoms with Crippen LogP contribution >= 0.6 is 22.9 Å². The molecule has 3 aromatic rings. The van der Waals surface area contributed by atoms with E-state index < -0.39 is 10.8 Å².